The normalized spacial score (nSPS) is 12.1. The Labute approximate surface area is 118 Å². The summed E-state index contributed by atoms with van der Waals surface area (Å²) < 4.78 is 1.06. The predicted octanol–water partition coefficient (Wildman–Crippen LogP) is 2.58. The number of halogens is 1. The van der Waals surface area contributed by atoms with Gasteiger partial charge in [0, 0.05) is 18.3 Å². The van der Waals surface area contributed by atoms with Gasteiger partial charge in [-0.1, -0.05) is 13.3 Å². The molecule has 0 spiro atoms. The molecule has 0 saturated heterocycles. The second-order valence-corrected chi connectivity index (χ2v) is 6.53. The van der Waals surface area contributed by atoms with Crippen LogP contribution in [-0.2, 0) is 4.79 Å². The fourth-order valence-corrected chi connectivity index (χ4v) is 2.70. The molecule has 1 rings (SSSR count). The van der Waals surface area contributed by atoms with Gasteiger partial charge in [-0.05, 0) is 34.6 Å². The first-order valence-electron chi connectivity index (χ1n) is 5.27. The van der Waals surface area contributed by atoms with Crippen LogP contribution in [-0.4, -0.2) is 23.5 Å². The number of carbonyl (C=O) groups is 2. The number of hydrogen-bond donors (Lipinski definition) is 2. The van der Waals surface area contributed by atoms with Crippen molar-refractivity contribution in [3.63, 3.8) is 0 Å². The molecule has 0 fully saturated rings. The predicted molar refractivity (Wildman–Crippen MR) is 75.4 cm³/mol. The number of carboxylic acids is 1. The van der Waals surface area contributed by atoms with Gasteiger partial charge in [0.15, 0.2) is 0 Å². The van der Waals surface area contributed by atoms with Gasteiger partial charge < -0.3 is 10.4 Å². The van der Waals surface area contributed by atoms with Gasteiger partial charge in [-0.25, -0.2) is 0 Å². The molecule has 1 heterocycles. The van der Waals surface area contributed by atoms with E-state index in [9.17, 15) is 9.59 Å². The fourth-order valence-electron chi connectivity index (χ4n) is 1.38. The average molecular weight is 367 g/mol. The van der Waals surface area contributed by atoms with E-state index >= 15 is 0 Å². The van der Waals surface area contributed by atoms with Crippen molar-refractivity contribution < 1.29 is 14.7 Å². The van der Waals surface area contributed by atoms with Gasteiger partial charge in [0.2, 0.25) is 0 Å². The monoisotopic (exact) mass is 367 g/mol. The lowest BCUT2D eigenvalue weighted by atomic mass is 10.0. The number of carbonyl (C=O) groups excluding carboxylic acids is 1. The zero-order valence-electron chi connectivity index (χ0n) is 9.40. The topological polar surface area (TPSA) is 66.4 Å². The average Bonchev–Trinajstić information content (AvgIpc) is 2.70. The zero-order chi connectivity index (χ0) is 12.8. The first kappa shape index (κ1) is 14.4. The fraction of sp³-hybridized carbons (Fsp3) is 0.455. The summed E-state index contributed by atoms with van der Waals surface area (Å²) in [7, 11) is 0. The van der Waals surface area contributed by atoms with Crippen LogP contribution in [0, 0.1) is 8.80 Å². The lowest BCUT2D eigenvalue weighted by molar-refractivity contribution is -0.138. The second kappa shape index (κ2) is 6.95. The van der Waals surface area contributed by atoms with Crippen LogP contribution in [0.3, 0.4) is 0 Å². The molecule has 0 radical (unpaired) electrons. The Morgan fingerprint density at radius 1 is 1.59 bits per heavy atom. The number of hydrogen-bond acceptors (Lipinski definition) is 3. The van der Waals surface area contributed by atoms with E-state index in [1.807, 2.05) is 13.0 Å². The third-order valence-electron chi connectivity index (χ3n) is 2.42. The van der Waals surface area contributed by atoms with E-state index in [-0.39, 0.29) is 18.2 Å². The molecule has 2 N–H and O–H groups in total. The van der Waals surface area contributed by atoms with Crippen molar-refractivity contribution in [3.05, 3.63) is 19.9 Å². The molecular formula is C11H14INO3S. The van der Waals surface area contributed by atoms with Gasteiger partial charge >= 0.3 is 5.97 Å². The van der Waals surface area contributed by atoms with Crippen molar-refractivity contribution in [2.75, 3.05) is 6.54 Å². The van der Waals surface area contributed by atoms with Crippen molar-refractivity contribution in [2.45, 2.75) is 19.8 Å². The summed E-state index contributed by atoms with van der Waals surface area (Å²) in [5.74, 6) is -0.960. The lowest BCUT2D eigenvalue weighted by Crippen LogP contribution is -2.29. The summed E-state index contributed by atoms with van der Waals surface area (Å²) in [5, 5.41) is 13.3. The number of carboxylic acid groups (broad SMARTS) is 1. The van der Waals surface area contributed by atoms with E-state index in [4.69, 9.17) is 5.11 Å². The molecule has 17 heavy (non-hydrogen) atoms. The summed E-state index contributed by atoms with van der Waals surface area (Å²) in [6.45, 7) is 2.33. The zero-order valence-corrected chi connectivity index (χ0v) is 12.4. The largest absolute Gasteiger partial charge is 0.481 e. The van der Waals surface area contributed by atoms with E-state index in [2.05, 4.69) is 27.9 Å². The summed E-state index contributed by atoms with van der Waals surface area (Å²) in [6, 6.07) is 1.82. The minimum absolute atomic E-state index is 0.00541. The Morgan fingerprint density at radius 3 is 2.76 bits per heavy atom. The first-order chi connectivity index (χ1) is 8.02. The molecule has 1 unspecified atom stereocenters. The van der Waals surface area contributed by atoms with Crippen LogP contribution in [0.2, 0.25) is 0 Å². The summed E-state index contributed by atoms with van der Waals surface area (Å²) in [5.41, 5.74) is 0.643. The van der Waals surface area contributed by atoms with Crippen LogP contribution in [0.1, 0.15) is 30.1 Å². The molecule has 0 aromatic carbocycles. The van der Waals surface area contributed by atoms with Crippen LogP contribution in [0.15, 0.2) is 11.4 Å². The molecule has 1 amide bonds. The van der Waals surface area contributed by atoms with E-state index in [0.717, 1.165) is 9.30 Å². The molecule has 1 atom stereocenters. The quantitative estimate of drug-likeness (QED) is 0.760. The van der Waals surface area contributed by atoms with Crippen LogP contribution in [0.25, 0.3) is 0 Å². The molecule has 0 aliphatic carbocycles. The van der Waals surface area contributed by atoms with E-state index in [1.165, 1.54) is 11.3 Å². The highest BCUT2D eigenvalue weighted by molar-refractivity contribution is 14.1. The third-order valence-corrected chi connectivity index (χ3v) is 4.21. The van der Waals surface area contributed by atoms with Gasteiger partial charge in [-0.2, -0.15) is 0 Å². The van der Waals surface area contributed by atoms with Gasteiger partial charge in [-0.3, -0.25) is 9.59 Å². The Morgan fingerprint density at radius 2 is 2.29 bits per heavy atom. The number of aliphatic carboxylic acids is 1. The van der Waals surface area contributed by atoms with Crippen LogP contribution < -0.4 is 5.32 Å². The van der Waals surface area contributed by atoms with E-state index in [0.29, 0.717) is 12.1 Å². The minimum atomic E-state index is -0.823. The molecule has 94 valence electrons. The van der Waals surface area contributed by atoms with E-state index in [1.54, 1.807) is 5.38 Å². The maximum atomic E-state index is 11.7. The smallest absolute Gasteiger partial charge is 0.303 e. The molecule has 4 nitrogen and oxygen atoms in total. The van der Waals surface area contributed by atoms with Gasteiger partial charge in [0.1, 0.15) is 0 Å². The highest BCUT2D eigenvalue weighted by Crippen LogP contribution is 2.16. The Hall–Kier alpha value is -0.630. The highest BCUT2D eigenvalue weighted by Gasteiger charge is 2.13. The van der Waals surface area contributed by atoms with Gasteiger partial charge in [-0.15, -0.1) is 11.3 Å². The van der Waals surface area contributed by atoms with Crippen molar-refractivity contribution in [2.24, 2.45) is 5.92 Å². The van der Waals surface area contributed by atoms with E-state index < -0.39 is 5.97 Å². The molecule has 1 aromatic heterocycles. The molecule has 0 aliphatic rings. The van der Waals surface area contributed by atoms with Crippen molar-refractivity contribution in [3.8, 4) is 0 Å². The molecular weight excluding hydrogens is 353 g/mol. The third kappa shape index (κ3) is 5.03. The van der Waals surface area contributed by atoms with Crippen molar-refractivity contribution >= 4 is 45.8 Å². The number of amides is 1. The number of thiophene rings is 1. The minimum Gasteiger partial charge on any atom is -0.481 e. The maximum absolute atomic E-state index is 11.7. The van der Waals surface area contributed by atoms with Crippen molar-refractivity contribution in [1.82, 2.24) is 5.32 Å². The van der Waals surface area contributed by atoms with Gasteiger partial charge in [0.05, 0.1) is 8.45 Å². The Kier molecular flexibility index (Phi) is 5.90. The first-order valence-corrected chi connectivity index (χ1v) is 7.22. The SMILES string of the molecule is CCC(CNC(=O)c1csc(I)c1)CC(=O)O. The maximum Gasteiger partial charge on any atom is 0.303 e. The molecule has 0 saturated carbocycles. The lowest BCUT2D eigenvalue weighted by Gasteiger charge is -2.12. The summed E-state index contributed by atoms with van der Waals surface area (Å²) in [4.78, 5) is 22.3. The standard InChI is InChI=1S/C11H14INO3S/c1-2-7(3-10(14)15)5-13-11(16)8-4-9(12)17-6-8/h4,6-7H,2-3,5H2,1H3,(H,13,16)(H,14,15). The molecule has 0 bridgehead atoms. The summed E-state index contributed by atoms with van der Waals surface area (Å²) >= 11 is 3.68. The Balaban J connectivity index is 2.44. The number of rotatable bonds is 6. The second-order valence-electron chi connectivity index (χ2n) is 3.72. The highest BCUT2D eigenvalue weighted by atomic mass is 127. The van der Waals surface area contributed by atoms with Crippen molar-refractivity contribution in [1.29, 1.82) is 0 Å². The van der Waals surface area contributed by atoms with Gasteiger partial charge in [0.25, 0.3) is 5.91 Å². The van der Waals surface area contributed by atoms with Crippen LogP contribution in [0.5, 0.6) is 0 Å². The number of nitrogens with one attached hydrogen (secondary N) is 1. The molecule has 0 aliphatic heterocycles. The van der Waals surface area contributed by atoms with Crippen LogP contribution >= 0.6 is 33.9 Å². The summed E-state index contributed by atoms with van der Waals surface area (Å²) in [6.07, 6.45) is 0.839. The Bertz CT molecular complexity index is 405. The molecule has 6 heteroatoms. The van der Waals surface area contributed by atoms with Crippen LogP contribution in [0.4, 0.5) is 0 Å². The molecule has 1 aromatic rings.